The molecule has 0 saturated carbocycles. The SMILES string of the molecule is Cc1oc(Br)c(C)c1CCN. The second-order valence-corrected chi connectivity index (χ2v) is 3.29. The third kappa shape index (κ3) is 1.65. The largest absolute Gasteiger partial charge is 0.454 e. The number of hydrogen-bond acceptors (Lipinski definition) is 2. The summed E-state index contributed by atoms with van der Waals surface area (Å²) >= 11 is 3.33. The fraction of sp³-hybridized carbons (Fsp3) is 0.500. The first-order valence-electron chi connectivity index (χ1n) is 3.61. The summed E-state index contributed by atoms with van der Waals surface area (Å²) in [6.07, 6.45) is 0.896. The van der Waals surface area contributed by atoms with Crippen molar-refractivity contribution in [1.29, 1.82) is 0 Å². The van der Waals surface area contributed by atoms with E-state index in [0.717, 1.165) is 16.9 Å². The van der Waals surface area contributed by atoms with E-state index in [0.29, 0.717) is 6.54 Å². The molecule has 0 aliphatic rings. The lowest BCUT2D eigenvalue weighted by Crippen LogP contribution is -2.03. The molecule has 2 nitrogen and oxygen atoms in total. The molecule has 0 fully saturated rings. The minimum atomic E-state index is 0.674. The molecule has 1 rings (SSSR count). The van der Waals surface area contributed by atoms with Crippen LogP contribution in [0.15, 0.2) is 9.09 Å². The van der Waals surface area contributed by atoms with Crippen LogP contribution in [0.3, 0.4) is 0 Å². The predicted octanol–water partition coefficient (Wildman–Crippen LogP) is 2.16. The van der Waals surface area contributed by atoms with Gasteiger partial charge in [0, 0.05) is 5.56 Å². The summed E-state index contributed by atoms with van der Waals surface area (Å²) in [6, 6.07) is 0. The van der Waals surface area contributed by atoms with Crippen molar-refractivity contribution in [3.05, 3.63) is 21.6 Å². The maximum atomic E-state index is 5.45. The van der Waals surface area contributed by atoms with Gasteiger partial charge in [0.2, 0.25) is 0 Å². The van der Waals surface area contributed by atoms with Gasteiger partial charge in [-0.15, -0.1) is 0 Å². The van der Waals surface area contributed by atoms with Crippen molar-refractivity contribution in [2.75, 3.05) is 6.54 Å². The van der Waals surface area contributed by atoms with Crippen LogP contribution in [0.25, 0.3) is 0 Å². The van der Waals surface area contributed by atoms with Crippen LogP contribution in [0.4, 0.5) is 0 Å². The summed E-state index contributed by atoms with van der Waals surface area (Å²) in [7, 11) is 0. The molecule has 0 aliphatic heterocycles. The van der Waals surface area contributed by atoms with Gasteiger partial charge in [-0.05, 0) is 48.3 Å². The minimum Gasteiger partial charge on any atom is -0.454 e. The van der Waals surface area contributed by atoms with Crippen LogP contribution in [0.2, 0.25) is 0 Å². The molecule has 0 spiro atoms. The molecule has 0 radical (unpaired) electrons. The summed E-state index contributed by atoms with van der Waals surface area (Å²) in [5.74, 6) is 0.972. The first kappa shape index (κ1) is 8.81. The Morgan fingerprint density at radius 1 is 1.45 bits per heavy atom. The van der Waals surface area contributed by atoms with Gasteiger partial charge in [0.1, 0.15) is 5.76 Å². The van der Waals surface area contributed by atoms with E-state index in [9.17, 15) is 0 Å². The molecular weight excluding hydrogens is 206 g/mol. The van der Waals surface area contributed by atoms with Gasteiger partial charge in [-0.25, -0.2) is 0 Å². The van der Waals surface area contributed by atoms with Crippen LogP contribution in [-0.2, 0) is 6.42 Å². The number of aryl methyl sites for hydroxylation is 1. The van der Waals surface area contributed by atoms with Crippen molar-refractivity contribution in [1.82, 2.24) is 0 Å². The van der Waals surface area contributed by atoms with E-state index in [2.05, 4.69) is 15.9 Å². The number of hydrogen-bond donors (Lipinski definition) is 1. The highest BCUT2D eigenvalue weighted by Crippen LogP contribution is 2.25. The van der Waals surface area contributed by atoms with E-state index >= 15 is 0 Å². The molecule has 2 N–H and O–H groups in total. The summed E-state index contributed by atoms with van der Waals surface area (Å²) in [4.78, 5) is 0. The van der Waals surface area contributed by atoms with E-state index in [1.54, 1.807) is 0 Å². The Balaban J connectivity index is 3.02. The molecule has 1 aromatic heterocycles. The van der Waals surface area contributed by atoms with Crippen molar-refractivity contribution >= 4 is 15.9 Å². The minimum absolute atomic E-state index is 0.674. The van der Waals surface area contributed by atoms with Gasteiger partial charge in [0.15, 0.2) is 4.67 Å². The molecule has 3 heteroatoms. The lowest BCUT2D eigenvalue weighted by Gasteiger charge is -1.95. The number of furan rings is 1. The molecule has 0 saturated heterocycles. The zero-order valence-electron chi connectivity index (χ0n) is 6.78. The zero-order valence-corrected chi connectivity index (χ0v) is 8.36. The predicted molar refractivity (Wildman–Crippen MR) is 48.6 cm³/mol. The van der Waals surface area contributed by atoms with Gasteiger partial charge in [0.05, 0.1) is 0 Å². The highest BCUT2D eigenvalue weighted by atomic mass is 79.9. The van der Waals surface area contributed by atoms with Crippen LogP contribution in [0, 0.1) is 13.8 Å². The fourth-order valence-electron chi connectivity index (χ4n) is 1.16. The molecule has 0 amide bonds. The van der Waals surface area contributed by atoms with Crippen molar-refractivity contribution < 1.29 is 4.42 Å². The average molecular weight is 218 g/mol. The molecule has 1 aromatic rings. The third-order valence-corrected chi connectivity index (χ3v) is 2.57. The van der Waals surface area contributed by atoms with E-state index in [-0.39, 0.29) is 0 Å². The van der Waals surface area contributed by atoms with Crippen LogP contribution >= 0.6 is 15.9 Å². The van der Waals surface area contributed by atoms with Crippen molar-refractivity contribution in [3.8, 4) is 0 Å². The molecule has 0 atom stereocenters. The van der Waals surface area contributed by atoms with Crippen LogP contribution in [0.5, 0.6) is 0 Å². The molecule has 62 valence electrons. The van der Waals surface area contributed by atoms with Gasteiger partial charge in [-0.3, -0.25) is 0 Å². The molecule has 0 bridgehead atoms. The lowest BCUT2D eigenvalue weighted by atomic mass is 10.1. The van der Waals surface area contributed by atoms with Crippen molar-refractivity contribution in [2.45, 2.75) is 20.3 Å². The molecular formula is C8H12BrNO. The van der Waals surface area contributed by atoms with Gasteiger partial charge in [0.25, 0.3) is 0 Å². The highest BCUT2D eigenvalue weighted by Gasteiger charge is 2.10. The monoisotopic (exact) mass is 217 g/mol. The number of nitrogens with two attached hydrogens (primary N) is 1. The van der Waals surface area contributed by atoms with E-state index in [1.807, 2.05) is 13.8 Å². The van der Waals surface area contributed by atoms with E-state index in [4.69, 9.17) is 10.2 Å². The maximum Gasteiger partial charge on any atom is 0.172 e. The second-order valence-electron chi connectivity index (χ2n) is 2.57. The topological polar surface area (TPSA) is 39.2 Å². The fourth-order valence-corrected chi connectivity index (χ4v) is 1.65. The van der Waals surface area contributed by atoms with Gasteiger partial charge < -0.3 is 10.2 Å². The molecule has 0 unspecified atom stereocenters. The van der Waals surface area contributed by atoms with E-state index in [1.165, 1.54) is 11.1 Å². The Morgan fingerprint density at radius 2 is 2.09 bits per heavy atom. The third-order valence-electron chi connectivity index (χ3n) is 1.81. The first-order valence-corrected chi connectivity index (χ1v) is 4.40. The average Bonchev–Trinajstić information content (AvgIpc) is 2.17. The molecule has 1 heterocycles. The zero-order chi connectivity index (χ0) is 8.43. The second kappa shape index (κ2) is 3.41. The molecule has 0 aliphatic carbocycles. The highest BCUT2D eigenvalue weighted by molar-refractivity contribution is 9.10. The van der Waals surface area contributed by atoms with Crippen molar-refractivity contribution in [2.24, 2.45) is 5.73 Å². The van der Waals surface area contributed by atoms with Gasteiger partial charge in [-0.1, -0.05) is 0 Å². The van der Waals surface area contributed by atoms with Gasteiger partial charge in [-0.2, -0.15) is 0 Å². The van der Waals surface area contributed by atoms with Crippen LogP contribution in [0.1, 0.15) is 16.9 Å². The smallest absolute Gasteiger partial charge is 0.172 e. The van der Waals surface area contributed by atoms with Crippen molar-refractivity contribution in [3.63, 3.8) is 0 Å². The normalized spacial score (nSPS) is 10.5. The Hall–Kier alpha value is -0.280. The molecule has 11 heavy (non-hydrogen) atoms. The molecule has 0 aromatic carbocycles. The summed E-state index contributed by atoms with van der Waals surface area (Å²) in [5, 5.41) is 0. The Bertz CT molecular complexity index is 255. The summed E-state index contributed by atoms with van der Waals surface area (Å²) in [5.41, 5.74) is 7.86. The lowest BCUT2D eigenvalue weighted by molar-refractivity contribution is 0.505. The Morgan fingerprint density at radius 3 is 2.45 bits per heavy atom. The summed E-state index contributed by atoms with van der Waals surface area (Å²) < 4.78 is 6.19. The maximum absolute atomic E-state index is 5.45. The Labute approximate surface area is 74.9 Å². The van der Waals surface area contributed by atoms with E-state index < -0.39 is 0 Å². The van der Waals surface area contributed by atoms with Crippen LogP contribution < -0.4 is 5.73 Å². The number of halogens is 1. The van der Waals surface area contributed by atoms with Gasteiger partial charge >= 0.3 is 0 Å². The quantitative estimate of drug-likeness (QED) is 0.825. The first-order chi connectivity index (χ1) is 5.16. The number of rotatable bonds is 2. The standard InChI is InChI=1S/C8H12BrNO/c1-5-7(3-4-10)6(2)11-8(5)9/h3-4,10H2,1-2H3. The Kier molecular flexibility index (Phi) is 2.73. The summed E-state index contributed by atoms with van der Waals surface area (Å²) in [6.45, 7) is 4.67. The van der Waals surface area contributed by atoms with Crippen LogP contribution in [-0.4, -0.2) is 6.54 Å².